The number of methoxy groups -OCH3 is 1. The molecule has 0 aliphatic carbocycles. The summed E-state index contributed by atoms with van der Waals surface area (Å²) >= 11 is 0.287. The standard InChI is InChI=1S/C18H28F2O2S/c1-14(2)8-6-9-15(3)10-7-11-16(4)12-13-23-18(19,20)17(21)22-5/h8,10,12H,6-7,9,11,13H2,1-5H3. The molecular weight excluding hydrogens is 318 g/mol. The summed E-state index contributed by atoms with van der Waals surface area (Å²) in [5, 5.41) is -3.48. The third-order valence-electron chi connectivity index (χ3n) is 3.24. The molecule has 2 nitrogen and oxygen atoms in total. The monoisotopic (exact) mass is 346 g/mol. The van der Waals surface area contributed by atoms with Crippen LogP contribution in [0.2, 0.25) is 0 Å². The number of allylic oxidation sites excluding steroid dienone is 5. The lowest BCUT2D eigenvalue weighted by Crippen LogP contribution is -2.26. The molecular formula is C18H28F2O2S. The number of halogens is 2. The summed E-state index contributed by atoms with van der Waals surface area (Å²) in [5.74, 6) is -1.40. The van der Waals surface area contributed by atoms with Crippen LogP contribution in [0.5, 0.6) is 0 Å². The number of thioether (sulfide) groups is 1. The van der Waals surface area contributed by atoms with Crippen LogP contribution in [-0.4, -0.2) is 24.1 Å². The van der Waals surface area contributed by atoms with Crippen molar-refractivity contribution < 1.29 is 18.3 Å². The van der Waals surface area contributed by atoms with Crippen LogP contribution in [-0.2, 0) is 9.53 Å². The summed E-state index contributed by atoms with van der Waals surface area (Å²) < 4.78 is 30.6. The third-order valence-corrected chi connectivity index (χ3v) is 4.10. The van der Waals surface area contributed by atoms with E-state index in [1.807, 2.05) is 6.92 Å². The van der Waals surface area contributed by atoms with Crippen molar-refractivity contribution in [3.8, 4) is 0 Å². The molecule has 0 saturated carbocycles. The van der Waals surface area contributed by atoms with Crippen LogP contribution >= 0.6 is 11.8 Å². The van der Waals surface area contributed by atoms with E-state index in [4.69, 9.17) is 0 Å². The number of hydrogen-bond donors (Lipinski definition) is 0. The zero-order valence-corrected chi connectivity index (χ0v) is 15.6. The first-order valence-electron chi connectivity index (χ1n) is 7.74. The second kappa shape index (κ2) is 11.4. The maximum absolute atomic E-state index is 13.2. The largest absolute Gasteiger partial charge is 0.464 e. The molecule has 0 rings (SSSR count). The van der Waals surface area contributed by atoms with Gasteiger partial charge in [0.05, 0.1) is 7.11 Å². The molecule has 0 saturated heterocycles. The van der Waals surface area contributed by atoms with Gasteiger partial charge in [-0.1, -0.05) is 46.7 Å². The van der Waals surface area contributed by atoms with Crippen molar-refractivity contribution in [2.24, 2.45) is 0 Å². The first-order valence-corrected chi connectivity index (χ1v) is 8.72. The smallest absolute Gasteiger partial charge is 0.389 e. The second-order valence-electron chi connectivity index (χ2n) is 5.78. The van der Waals surface area contributed by atoms with Gasteiger partial charge in [-0.15, -0.1) is 0 Å². The summed E-state index contributed by atoms with van der Waals surface area (Å²) in [6, 6.07) is 0. The summed E-state index contributed by atoms with van der Waals surface area (Å²) in [6.07, 6.45) is 10.0. The number of carbonyl (C=O) groups excluding carboxylic acids is 1. The number of ether oxygens (including phenoxy) is 1. The summed E-state index contributed by atoms with van der Waals surface area (Å²) in [5.41, 5.74) is 3.73. The second-order valence-corrected chi connectivity index (χ2v) is 6.91. The van der Waals surface area contributed by atoms with Crippen LogP contribution < -0.4 is 0 Å². The van der Waals surface area contributed by atoms with Gasteiger partial charge in [-0.05, 0) is 53.4 Å². The molecule has 0 heterocycles. The molecule has 0 radical (unpaired) electrons. The van der Waals surface area contributed by atoms with Crippen LogP contribution in [0.3, 0.4) is 0 Å². The van der Waals surface area contributed by atoms with E-state index in [2.05, 4.69) is 37.7 Å². The maximum Gasteiger partial charge on any atom is 0.389 e. The van der Waals surface area contributed by atoms with Gasteiger partial charge in [0.15, 0.2) is 0 Å². The highest BCUT2D eigenvalue weighted by Crippen LogP contribution is 2.30. The van der Waals surface area contributed by atoms with Crippen molar-refractivity contribution >= 4 is 17.7 Å². The molecule has 0 amide bonds. The number of esters is 1. The molecule has 0 aromatic carbocycles. The highest BCUT2D eigenvalue weighted by atomic mass is 32.2. The average molecular weight is 346 g/mol. The molecule has 23 heavy (non-hydrogen) atoms. The number of rotatable bonds is 10. The molecule has 0 aromatic heterocycles. The molecule has 0 atom stereocenters. The topological polar surface area (TPSA) is 26.3 Å². The van der Waals surface area contributed by atoms with Crippen molar-refractivity contribution in [1.82, 2.24) is 0 Å². The fraction of sp³-hybridized carbons (Fsp3) is 0.611. The van der Waals surface area contributed by atoms with Crippen molar-refractivity contribution in [3.63, 3.8) is 0 Å². The fourth-order valence-electron chi connectivity index (χ4n) is 1.81. The van der Waals surface area contributed by atoms with Gasteiger partial charge in [0.25, 0.3) is 0 Å². The molecule has 5 heteroatoms. The van der Waals surface area contributed by atoms with Crippen LogP contribution in [0.15, 0.2) is 34.9 Å². The Bertz CT molecular complexity index is 462. The lowest BCUT2D eigenvalue weighted by atomic mass is 10.1. The highest BCUT2D eigenvalue weighted by molar-refractivity contribution is 8.01. The van der Waals surface area contributed by atoms with Crippen molar-refractivity contribution in [3.05, 3.63) is 34.9 Å². The minimum Gasteiger partial charge on any atom is -0.464 e. The number of alkyl halides is 2. The van der Waals surface area contributed by atoms with Crippen molar-refractivity contribution in [2.45, 2.75) is 58.6 Å². The molecule has 0 fully saturated rings. The molecule has 0 unspecified atom stereocenters. The summed E-state index contributed by atoms with van der Waals surface area (Å²) in [7, 11) is 0.962. The van der Waals surface area contributed by atoms with Crippen molar-refractivity contribution in [2.75, 3.05) is 12.9 Å². The van der Waals surface area contributed by atoms with E-state index in [-0.39, 0.29) is 17.5 Å². The maximum atomic E-state index is 13.2. The third kappa shape index (κ3) is 11.1. The Balaban J connectivity index is 4.12. The Labute approximate surface area is 143 Å². The Morgan fingerprint density at radius 1 is 1.00 bits per heavy atom. The minimum atomic E-state index is -3.48. The lowest BCUT2D eigenvalue weighted by Gasteiger charge is -2.11. The lowest BCUT2D eigenvalue weighted by molar-refractivity contribution is -0.156. The predicted molar refractivity (Wildman–Crippen MR) is 94.8 cm³/mol. The fourth-order valence-corrected chi connectivity index (χ4v) is 2.58. The van der Waals surface area contributed by atoms with Gasteiger partial charge >= 0.3 is 11.2 Å². The SMILES string of the molecule is COC(=O)C(F)(F)SCC=C(C)CCC=C(C)CCC=C(C)C. The predicted octanol–water partition coefficient (Wildman–Crippen LogP) is 5.90. The van der Waals surface area contributed by atoms with E-state index < -0.39 is 11.2 Å². The van der Waals surface area contributed by atoms with Gasteiger partial charge in [-0.3, -0.25) is 0 Å². The Hall–Kier alpha value is -1.10. The van der Waals surface area contributed by atoms with Crippen LogP contribution in [0.4, 0.5) is 8.78 Å². The Kier molecular flexibility index (Phi) is 10.9. The Morgan fingerprint density at radius 3 is 2.04 bits per heavy atom. The van der Waals surface area contributed by atoms with Gasteiger partial charge in [0.1, 0.15) is 0 Å². The Morgan fingerprint density at radius 2 is 1.52 bits per heavy atom. The number of hydrogen-bond acceptors (Lipinski definition) is 3. The van der Waals surface area contributed by atoms with E-state index >= 15 is 0 Å². The van der Waals surface area contributed by atoms with E-state index in [1.54, 1.807) is 6.08 Å². The molecule has 132 valence electrons. The normalized spacial score (nSPS) is 13.0. The molecule has 0 N–H and O–H groups in total. The summed E-state index contributed by atoms with van der Waals surface area (Å²) in [6.45, 7) is 8.22. The average Bonchev–Trinajstić information content (AvgIpc) is 2.45. The molecule has 0 bridgehead atoms. The first kappa shape index (κ1) is 21.9. The van der Waals surface area contributed by atoms with Gasteiger partial charge in [0, 0.05) is 5.75 Å². The molecule has 0 spiro atoms. The van der Waals surface area contributed by atoms with Gasteiger partial charge in [0.2, 0.25) is 0 Å². The molecule has 0 aromatic rings. The molecule has 0 aliphatic heterocycles. The van der Waals surface area contributed by atoms with E-state index in [0.29, 0.717) is 0 Å². The quantitative estimate of drug-likeness (QED) is 0.363. The van der Waals surface area contributed by atoms with Gasteiger partial charge < -0.3 is 4.74 Å². The van der Waals surface area contributed by atoms with E-state index in [1.165, 1.54) is 11.1 Å². The van der Waals surface area contributed by atoms with Crippen LogP contribution in [0, 0.1) is 0 Å². The van der Waals surface area contributed by atoms with E-state index in [9.17, 15) is 13.6 Å². The van der Waals surface area contributed by atoms with Crippen molar-refractivity contribution in [1.29, 1.82) is 0 Å². The summed E-state index contributed by atoms with van der Waals surface area (Å²) in [4.78, 5) is 10.9. The van der Waals surface area contributed by atoms with Gasteiger partial charge in [-0.25, -0.2) is 4.79 Å². The van der Waals surface area contributed by atoms with Crippen LogP contribution in [0.25, 0.3) is 0 Å². The van der Waals surface area contributed by atoms with Gasteiger partial charge in [-0.2, -0.15) is 8.78 Å². The minimum absolute atomic E-state index is 0.0944. The molecule has 0 aliphatic rings. The van der Waals surface area contributed by atoms with Crippen LogP contribution in [0.1, 0.15) is 53.4 Å². The first-order chi connectivity index (χ1) is 10.7. The number of carbonyl (C=O) groups is 1. The van der Waals surface area contributed by atoms with E-state index in [0.717, 1.165) is 38.4 Å². The zero-order valence-electron chi connectivity index (χ0n) is 14.7. The zero-order chi connectivity index (χ0) is 17.9. The highest BCUT2D eigenvalue weighted by Gasteiger charge is 2.40.